The fourth-order valence-corrected chi connectivity index (χ4v) is 5.88. The fourth-order valence-electron chi connectivity index (χ4n) is 5.88. The molecule has 1 aliphatic rings. The maximum Gasteiger partial charge on any atom is 0.152 e. The first kappa shape index (κ1) is 23.8. The van der Waals surface area contributed by atoms with E-state index < -0.39 is 0 Å². The van der Waals surface area contributed by atoms with E-state index in [0.29, 0.717) is 0 Å². The van der Waals surface area contributed by atoms with E-state index in [1.54, 1.807) is 0 Å². The number of benzene rings is 5. The third-order valence-electron chi connectivity index (χ3n) is 7.61. The molecule has 1 radical (unpaired) electrons. The number of hydrogen-bond acceptors (Lipinski definition) is 2. The van der Waals surface area contributed by atoms with E-state index in [-0.39, 0.29) is 20.1 Å². The summed E-state index contributed by atoms with van der Waals surface area (Å²) in [5.74, 6) is 1.81. The number of hydrogen-bond donors (Lipinski definition) is 0. The molecule has 0 N–H and O–H groups in total. The largest absolute Gasteiger partial charge is 0.453 e. The summed E-state index contributed by atoms with van der Waals surface area (Å²) >= 11 is 0. The van der Waals surface area contributed by atoms with Crippen LogP contribution in [-0.2, 0) is 20.1 Å². The third-order valence-corrected chi connectivity index (χ3v) is 7.61. The van der Waals surface area contributed by atoms with Crippen LogP contribution in [0.5, 0.6) is 11.5 Å². The summed E-state index contributed by atoms with van der Waals surface area (Å²) in [5.41, 5.74) is 10.0. The molecule has 0 fully saturated rings. The zero-order valence-corrected chi connectivity index (χ0v) is 23.8. The average molecular weight is 680 g/mol. The molecule has 39 heavy (non-hydrogen) atoms. The van der Waals surface area contributed by atoms with Crippen molar-refractivity contribution in [1.82, 2.24) is 9.55 Å². The topological polar surface area (TPSA) is 27.1 Å². The fraction of sp³-hybridized carbons (Fsp3) is 0.0571. The summed E-state index contributed by atoms with van der Waals surface area (Å²) in [7, 11) is 0. The minimum Gasteiger partial charge on any atom is -0.453 e. The molecule has 0 atom stereocenters. The summed E-state index contributed by atoms with van der Waals surface area (Å²) in [5, 5.41) is 4.75. The molecular formula is C35H23IrN2O-. The van der Waals surface area contributed by atoms with Crippen LogP contribution in [0.4, 0.5) is 0 Å². The minimum absolute atomic E-state index is 0. The van der Waals surface area contributed by atoms with Crippen LogP contribution in [-0.4, -0.2) is 9.55 Å². The second-order valence-electron chi connectivity index (χ2n) is 10.2. The van der Waals surface area contributed by atoms with Crippen molar-refractivity contribution in [2.24, 2.45) is 0 Å². The number of aryl methyl sites for hydroxylation is 2. The first-order valence-corrected chi connectivity index (χ1v) is 12.9. The Morgan fingerprint density at radius 3 is 2.49 bits per heavy atom. The van der Waals surface area contributed by atoms with Crippen LogP contribution < -0.4 is 4.74 Å². The van der Waals surface area contributed by atoms with Gasteiger partial charge >= 0.3 is 0 Å². The SMILES string of the molecule is Cc1ccc2c(c1)Oc1cc(C)cc3c4cc(-c5cc[c-]c(-c6nccc7ccccc67)c5)ccc4n-2c13.[Ir]. The van der Waals surface area contributed by atoms with Crippen molar-refractivity contribution in [2.45, 2.75) is 13.8 Å². The molecule has 3 heterocycles. The van der Waals surface area contributed by atoms with Gasteiger partial charge in [-0.25, -0.2) is 0 Å². The maximum absolute atomic E-state index is 6.42. The molecule has 0 spiro atoms. The van der Waals surface area contributed by atoms with Crippen LogP contribution in [0.25, 0.3) is 60.6 Å². The van der Waals surface area contributed by atoms with Crippen LogP contribution in [0.3, 0.4) is 0 Å². The Balaban J connectivity index is 0.00000253. The standard InChI is InChI=1S/C35H23N2O.Ir/c1-21-10-12-31-32(17-21)38-33-18-22(2)16-29-28-20-25(11-13-30(28)37(31)35(29)33)24-7-5-8-26(19-24)34-27-9-4-3-6-23(27)14-15-36-34;/h3-7,9-20H,1-2H3;/q-1;. The van der Waals surface area contributed by atoms with Crippen molar-refractivity contribution < 1.29 is 24.8 Å². The Kier molecular flexibility index (Phi) is 5.45. The van der Waals surface area contributed by atoms with Crippen LogP contribution >= 0.6 is 0 Å². The number of ether oxygens (including phenoxy) is 1. The Morgan fingerprint density at radius 1 is 0.718 bits per heavy atom. The van der Waals surface area contributed by atoms with Gasteiger partial charge in [-0.15, -0.1) is 35.4 Å². The first-order chi connectivity index (χ1) is 18.6. The normalized spacial score (nSPS) is 11.8. The van der Waals surface area contributed by atoms with E-state index in [2.05, 4.69) is 115 Å². The molecule has 1 aliphatic heterocycles. The molecule has 0 bridgehead atoms. The van der Waals surface area contributed by atoms with Crippen molar-refractivity contribution in [3.63, 3.8) is 0 Å². The van der Waals surface area contributed by atoms with Crippen molar-refractivity contribution in [2.75, 3.05) is 0 Å². The average Bonchev–Trinajstić information content (AvgIpc) is 3.27. The summed E-state index contributed by atoms with van der Waals surface area (Å²) in [6, 6.07) is 37.8. The van der Waals surface area contributed by atoms with Gasteiger partial charge in [0.2, 0.25) is 0 Å². The molecule has 4 heteroatoms. The Morgan fingerprint density at radius 2 is 1.56 bits per heavy atom. The summed E-state index contributed by atoms with van der Waals surface area (Å²) in [6.45, 7) is 4.24. The van der Waals surface area contributed by atoms with Gasteiger partial charge in [0.05, 0.1) is 16.7 Å². The van der Waals surface area contributed by atoms with Gasteiger partial charge in [-0.2, -0.15) is 0 Å². The Hall–Kier alpha value is -4.24. The van der Waals surface area contributed by atoms with Gasteiger partial charge in [0, 0.05) is 37.1 Å². The molecule has 0 unspecified atom stereocenters. The van der Waals surface area contributed by atoms with Gasteiger partial charge in [-0.1, -0.05) is 36.4 Å². The maximum atomic E-state index is 6.42. The van der Waals surface area contributed by atoms with E-state index in [9.17, 15) is 0 Å². The first-order valence-electron chi connectivity index (χ1n) is 12.9. The molecule has 189 valence electrons. The monoisotopic (exact) mass is 680 g/mol. The molecule has 0 saturated heterocycles. The Labute approximate surface area is 240 Å². The zero-order valence-electron chi connectivity index (χ0n) is 21.5. The molecule has 7 aromatic rings. The quantitative estimate of drug-likeness (QED) is 0.171. The van der Waals surface area contributed by atoms with Crippen molar-refractivity contribution >= 4 is 32.6 Å². The number of fused-ring (bicyclic) bond motifs is 6. The summed E-state index contributed by atoms with van der Waals surface area (Å²) in [4.78, 5) is 4.72. The van der Waals surface area contributed by atoms with Crippen molar-refractivity contribution in [3.8, 4) is 39.6 Å². The van der Waals surface area contributed by atoms with Crippen molar-refractivity contribution in [1.29, 1.82) is 0 Å². The molecule has 5 aromatic carbocycles. The second-order valence-corrected chi connectivity index (χ2v) is 10.2. The molecule has 8 rings (SSSR count). The van der Waals surface area contributed by atoms with E-state index >= 15 is 0 Å². The smallest absolute Gasteiger partial charge is 0.152 e. The van der Waals surface area contributed by atoms with Gasteiger partial charge in [-0.05, 0) is 89.5 Å². The molecule has 2 aromatic heterocycles. The molecule has 0 saturated carbocycles. The van der Waals surface area contributed by atoms with Crippen LogP contribution in [0, 0.1) is 19.9 Å². The molecular weight excluding hydrogens is 657 g/mol. The van der Waals surface area contributed by atoms with Crippen LogP contribution in [0.1, 0.15) is 11.1 Å². The van der Waals surface area contributed by atoms with Crippen molar-refractivity contribution in [3.05, 3.63) is 120 Å². The predicted octanol–water partition coefficient (Wildman–Crippen LogP) is 9.19. The molecule has 3 nitrogen and oxygen atoms in total. The number of nitrogens with zero attached hydrogens (tertiary/aromatic N) is 2. The van der Waals surface area contributed by atoms with Gasteiger partial charge in [0.25, 0.3) is 0 Å². The number of rotatable bonds is 2. The van der Waals surface area contributed by atoms with Gasteiger partial charge in [0.15, 0.2) is 11.5 Å². The van der Waals surface area contributed by atoms with E-state index in [4.69, 9.17) is 9.72 Å². The predicted molar refractivity (Wildman–Crippen MR) is 155 cm³/mol. The van der Waals surface area contributed by atoms with Gasteiger partial charge in [-0.3, -0.25) is 0 Å². The third kappa shape index (κ3) is 3.64. The Bertz CT molecular complexity index is 2080. The van der Waals surface area contributed by atoms with Crippen LogP contribution in [0.15, 0.2) is 103 Å². The molecule has 0 amide bonds. The second kappa shape index (κ2) is 8.91. The number of pyridine rings is 1. The zero-order chi connectivity index (χ0) is 25.4. The van der Waals surface area contributed by atoms with E-state index in [1.807, 2.05) is 12.3 Å². The minimum atomic E-state index is 0. The van der Waals surface area contributed by atoms with E-state index in [0.717, 1.165) is 44.9 Å². The molecule has 0 aliphatic carbocycles. The van der Waals surface area contributed by atoms with Crippen LogP contribution in [0.2, 0.25) is 0 Å². The number of aromatic nitrogens is 2. The van der Waals surface area contributed by atoms with Gasteiger partial charge in [0.1, 0.15) is 0 Å². The van der Waals surface area contributed by atoms with E-state index in [1.165, 1.54) is 38.4 Å². The van der Waals surface area contributed by atoms with Gasteiger partial charge < -0.3 is 14.3 Å². The summed E-state index contributed by atoms with van der Waals surface area (Å²) < 4.78 is 8.78. The summed E-state index contributed by atoms with van der Waals surface area (Å²) in [6.07, 6.45) is 1.88.